The summed E-state index contributed by atoms with van der Waals surface area (Å²) in [5.74, 6) is -2.61. The van der Waals surface area contributed by atoms with E-state index in [4.69, 9.17) is 9.47 Å². The Bertz CT molecular complexity index is 539. The largest absolute Gasteiger partial charge is 0.422 e. The molecule has 0 saturated carbocycles. The lowest BCUT2D eigenvalue weighted by atomic mass is 10.1. The van der Waals surface area contributed by atoms with Crippen LogP contribution in [0.3, 0.4) is 0 Å². The molecule has 0 radical (unpaired) electrons. The maximum absolute atomic E-state index is 13.0. The van der Waals surface area contributed by atoms with Crippen molar-refractivity contribution in [1.29, 1.82) is 0 Å². The number of imide groups is 1. The average Bonchev–Trinajstić information content (AvgIpc) is 2.31. The van der Waals surface area contributed by atoms with Crippen molar-refractivity contribution in [1.82, 2.24) is 4.90 Å². The Hall–Kier alpha value is -2.02. The van der Waals surface area contributed by atoms with Crippen LogP contribution in [-0.2, 0) is 9.53 Å². The topological polar surface area (TPSA) is 55.8 Å². The number of rotatable bonds is 1. The van der Waals surface area contributed by atoms with Crippen molar-refractivity contribution in [3.63, 3.8) is 0 Å². The molecule has 1 aliphatic rings. The molecule has 1 aromatic carbocycles. The quantitative estimate of drug-likeness (QED) is 0.793. The van der Waals surface area contributed by atoms with E-state index in [0.29, 0.717) is 6.07 Å². The molecule has 1 aliphatic heterocycles. The normalized spacial score (nSPS) is 18.0. The summed E-state index contributed by atoms with van der Waals surface area (Å²) in [5.41, 5.74) is -1.13. The monoisotopic (exact) mass is 285 g/mol. The molecule has 1 aromatic rings. The number of nitrogens with zero attached hydrogens (tertiary/aromatic N) is 1. The van der Waals surface area contributed by atoms with Gasteiger partial charge in [0.05, 0.1) is 13.2 Å². The predicted octanol–water partition coefficient (Wildman–Crippen LogP) is 2.10. The van der Waals surface area contributed by atoms with Crippen molar-refractivity contribution in [2.45, 2.75) is 19.4 Å². The van der Waals surface area contributed by atoms with Crippen molar-refractivity contribution >= 4 is 12.0 Å². The van der Waals surface area contributed by atoms with E-state index >= 15 is 0 Å². The number of ether oxygens (including phenoxy) is 2. The Labute approximate surface area is 114 Å². The molecular weight excluding hydrogens is 272 g/mol. The molecule has 1 heterocycles. The molecule has 0 aliphatic carbocycles. The van der Waals surface area contributed by atoms with E-state index in [0.717, 1.165) is 17.0 Å². The van der Waals surface area contributed by atoms with Gasteiger partial charge in [-0.1, -0.05) is 0 Å². The zero-order chi connectivity index (χ0) is 14.9. The first kappa shape index (κ1) is 14.4. The standard InChI is InChI=1S/C13H13F2NO4/c1-13(2)11(17)16(3-4-19-13)12(18)20-10-6-8(14)5-9(15)7-10/h5-7H,3-4H2,1-2H3. The molecule has 5 nitrogen and oxygen atoms in total. The van der Waals surface area contributed by atoms with Gasteiger partial charge < -0.3 is 9.47 Å². The minimum atomic E-state index is -1.13. The van der Waals surface area contributed by atoms with E-state index in [1.54, 1.807) is 0 Å². The number of benzene rings is 1. The molecule has 0 bridgehead atoms. The van der Waals surface area contributed by atoms with Crippen LogP contribution in [0.1, 0.15) is 13.8 Å². The Balaban J connectivity index is 2.13. The highest BCUT2D eigenvalue weighted by Gasteiger charge is 2.40. The zero-order valence-electron chi connectivity index (χ0n) is 11.0. The summed E-state index contributed by atoms with van der Waals surface area (Å²) in [4.78, 5) is 24.7. The van der Waals surface area contributed by atoms with E-state index in [1.165, 1.54) is 13.8 Å². The minimum absolute atomic E-state index is 0.0267. The third-order valence-electron chi connectivity index (χ3n) is 2.80. The SMILES string of the molecule is CC1(C)OCCN(C(=O)Oc2cc(F)cc(F)c2)C1=O. The molecule has 2 amide bonds. The second-order valence-electron chi connectivity index (χ2n) is 4.79. The number of hydrogen-bond acceptors (Lipinski definition) is 4. The van der Waals surface area contributed by atoms with Crippen LogP contribution in [0.15, 0.2) is 18.2 Å². The summed E-state index contributed by atoms with van der Waals surface area (Å²) in [6.45, 7) is 3.25. The molecule has 20 heavy (non-hydrogen) atoms. The van der Waals surface area contributed by atoms with E-state index in [-0.39, 0.29) is 18.9 Å². The number of morpholine rings is 1. The summed E-state index contributed by atoms with van der Waals surface area (Å²) in [6, 6.07) is 2.37. The van der Waals surface area contributed by atoms with Gasteiger partial charge in [0, 0.05) is 18.2 Å². The maximum Gasteiger partial charge on any atom is 0.422 e. The first-order valence-corrected chi connectivity index (χ1v) is 5.93. The fraction of sp³-hybridized carbons (Fsp3) is 0.385. The van der Waals surface area contributed by atoms with Crippen molar-refractivity contribution in [3.8, 4) is 5.75 Å². The number of carbonyl (C=O) groups excluding carboxylic acids is 2. The fourth-order valence-electron chi connectivity index (χ4n) is 1.80. The molecular formula is C13H13F2NO4. The van der Waals surface area contributed by atoms with Gasteiger partial charge in [-0.05, 0) is 13.8 Å². The van der Waals surface area contributed by atoms with Crippen LogP contribution in [0.5, 0.6) is 5.75 Å². The summed E-state index contributed by atoms with van der Waals surface area (Å²) in [6.07, 6.45) is -0.989. The van der Waals surface area contributed by atoms with Gasteiger partial charge in [0.25, 0.3) is 5.91 Å². The van der Waals surface area contributed by atoms with Gasteiger partial charge in [-0.25, -0.2) is 18.5 Å². The predicted molar refractivity (Wildman–Crippen MR) is 64.1 cm³/mol. The van der Waals surface area contributed by atoms with Crippen molar-refractivity contribution in [2.75, 3.05) is 13.2 Å². The molecule has 108 valence electrons. The third kappa shape index (κ3) is 2.93. The van der Waals surface area contributed by atoms with E-state index in [2.05, 4.69) is 0 Å². The van der Waals surface area contributed by atoms with Gasteiger partial charge in [-0.3, -0.25) is 4.79 Å². The maximum atomic E-state index is 13.0. The highest BCUT2D eigenvalue weighted by molar-refractivity contribution is 5.97. The van der Waals surface area contributed by atoms with Crippen LogP contribution in [0.25, 0.3) is 0 Å². The number of halogens is 2. The van der Waals surface area contributed by atoms with Crippen LogP contribution in [-0.4, -0.2) is 35.7 Å². The highest BCUT2D eigenvalue weighted by atomic mass is 19.1. The highest BCUT2D eigenvalue weighted by Crippen LogP contribution is 2.21. The summed E-state index contributed by atoms with van der Waals surface area (Å²) in [5, 5.41) is 0. The van der Waals surface area contributed by atoms with Crippen LogP contribution in [0.4, 0.5) is 13.6 Å². The summed E-state index contributed by atoms with van der Waals surface area (Å²) >= 11 is 0. The average molecular weight is 285 g/mol. The first-order chi connectivity index (χ1) is 9.29. The summed E-state index contributed by atoms with van der Waals surface area (Å²) < 4.78 is 36.0. The summed E-state index contributed by atoms with van der Waals surface area (Å²) in [7, 11) is 0. The van der Waals surface area contributed by atoms with Gasteiger partial charge in [-0.15, -0.1) is 0 Å². The van der Waals surface area contributed by atoms with Crippen LogP contribution < -0.4 is 4.74 Å². The molecule has 0 aromatic heterocycles. The lowest BCUT2D eigenvalue weighted by Crippen LogP contribution is -2.56. The zero-order valence-corrected chi connectivity index (χ0v) is 11.0. The number of carbonyl (C=O) groups is 2. The number of hydrogen-bond donors (Lipinski definition) is 0. The minimum Gasteiger partial charge on any atom is -0.410 e. The molecule has 0 spiro atoms. The Morgan fingerprint density at radius 2 is 1.90 bits per heavy atom. The second kappa shape index (κ2) is 5.16. The smallest absolute Gasteiger partial charge is 0.410 e. The van der Waals surface area contributed by atoms with Gasteiger partial charge >= 0.3 is 6.09 Å². The first-order valence-electron chi connectivity index (χ1n) is 5.93. The Morgan fingerprint density at radius 1 is 1.30 bits per heavy atom. The second-order valence-corrected chi connectivity index (χ2v) is 4.79. The van der Waals surface area contributed by atoms with E-state index in [9.17, 15) is 18.4 Å². The molecule has 0 N–H and O–H groups in total. The van der Waals surface area contributed by atoms with E-state index < -0.39 is 29.2 Å². The van der Waals surface area contributed by atoms with Crippen molar-refractivity contribution < 1.29 is 27.8 Å². The van der Waals surface area contributed by atoms with Crippen LogP contribution >= 0.6 is 0 Å². The van der Waals surface area contributed by atoms with Gasteiger partial charge in [-0.2, -0.15) is 0 Å². The number of amides is 2. The molecule has 0 atom stereocenters. The van der Waals surface area contributed by atoms with Gasteiger partial charge in [0.2, 0.25) is 0 Å². The Morgan fingerprint density at radius 3 is 2.50 bits per heavy atom. The molecule has 1 saturated heterocycles. The van der Waals surface area contributed by atoms with Gasteiger partial charge in [0.15, 0.2) is 0 Å². The lowest BCUT2D eigenvalue weighted by Gasteiger charge is -2.35. The molecule has 2 rings (SSSR count). The van der Waals surface area contributed by atoms with Crippen molar-refractivity contribution in [3.05, 3.63) is 29.8 Å². The molecule has 0 unspecified atom stereocenters. The van der Waals surface area contributed by atoms with Gasteiger partial charge in [0.1, 0.15) is 23.0 Å². The van der Waals surface area contributed by atoms with Crippen LogP contribution in [0.2, 0.25) is 0 Å². The van der Waals surface area contributed by atoms with Crippen molar-refractivity contribution in [2.24, 2.45) is 0 Å². The molecule has 1 fully saturated rings. The van der Waals surface area contributed by atoms with E-state index in [1.807, 2.05) is 0 Å². The molecule has 7 heteroatoms. The third-order valence-corrected chi connectivity index (χ3v) is 2.80. The fourth-order valence-corrected chi connectivity index (χ4v) is 1.80. The Kier molecular flexibility index (Phi) is 3.71. The van der Waals surface area contributed by atoms with Crippen LogP contribution in [0, 0.1) is 11.6 Å². The lowest BCUT2D eigenvalue weighted by molar-refractivity contribution is -0.162.